The molecular formula is C23H25F3N2O3. The first-order valence-corrected chi connectivity index (χ1v) is 10.2. The van der Waals surface area contributed by atoms with E-state index >= 15 is 0 Å². The highest BCUT2D eigenvalue weighted by molar-refractivity contribution is 5.85. The van der Waals surface area contributed by atoms with E-state index in [1.807, 2.05) is 35.4 Å². The van der Waals surface area contributed by atoms with Crippen molar-refractivity contribution in [2.45, 2.75) is 30.7 Å². The van der Waals surface area contributed by atoms with Crippen molar-refractivity contribution >= 4 is 10.9 Å². The highest BCUT2D eigenvalue weighted by Gasteiger charge is 2.37. The van der Waals surface area contributed by atoms with Gasteiger partial charge in [0.25, 0.3) is 0 Å². The summed E-state index contributed by atoms with van der Waals surface area (Å²) in [5.41, 5.74) is -0.823. The van der Waals surface area contributed by atoms with E-state index < -0.39 is 23.4 Å². The van der Waals surface area contributed by atoms with Crippen molar-refractivity contribution in [3.05, 3.63) is 65.9 Å². The maximum absolute atomic E-state index is 13.0. The van der Waals surface area contributed by atoms with Crippen LogP contribution >= 0.6 is 0 Å². The Labute approximate surface area is 178 Å². The van der Waals surface area contributed by atoms with Gasteiger partial charge in [-0.3, -0.25) is 0 Å². The van der Waals surface area contributed by atoms with Gasteiger partial charge in [-0.1, -0.05) is 18.2 Å². The van der Waals surface area contributed by atoms with E-state index in [2.05, 4.69) is 4.98 Å². The van der Waals surface area contributed by atoms with Gasteiger partial charge in [-0.25, -0.2) is 0 Å². The number of nitrogens with zero attached hydrogens (tertiary/aromatic N) is 1. The molecule has 5 nitrogen and oxygen atoms in total. The molecule has 1 aromatic heterocycles. The van der Waals surface area contributed by atoms with E-state index in [1.165, 1.54) is 12.1 Å². The van der Waals surface area contributed by atoms with Gasteiger partial charge in [-0.15, -0.1) is 0 Å². The number of β-amino-alcohol motifs (C(OH)–C–C–N with tert-alkyl or cyclic N) is 1. The Kier molecular flexibility index (Phi) is 5.96. The molecule has 0 amide bonds. The number of H-pyrrole nitrogens is 1. The zero-order chi connectivity index (χ0) is 22.1. The normalized spacial score (nSPS) is 18.2. The molecule has 166 valence electrons. The maximum atomic E-state index is 13.0. The van der Waals surface area contributed by atoms with Crippen molar-refractivity contribution in [1.29, 1.82) is 0 Å². The molecule has 1 unspecified atom stereocenters. The van der Waals surface area contributed by atoms with Crippen LogP contribution in [-0.2, 0) is 11.8 Å². The number of alkyl halides is 3. The molecule has 8 heteroatoms. The first kappa shape index (κ1) is 21.7. The molecule has 31 heavy (non-hydrogen) atoms. The number of hydrogen-bond acceptors (Lipinski definition) is 4. The van der Waals surface area contributed by atoms with Crippen LogP contribution in [0.3, 0.4) is 0 Å². The summed E-state index contributed by atoms with van der Waals surface area (Å²) >= 11 is 0. The molecular weight excluding hydrogens is 409 g/mol. The fourth-order valence-electron chi connectivity index (χ4n) is 4.10. The molecule has 0 bridgehead atoms. The van der Waals surface area contributed by atoms with Crippen molar-refractivity contribution in [1.82, 2.24) is 9.88 Å². The number of aliphatic hydroxyl groups excluding tert-OH is 1. The number of aromatic amines is 1. The number of rotatable bonds is 6. The number of likely N-dealkylation sites (tertiary alicyclic amines) is 1. The van der Waals surface area contributed by atoms with Crippen LogP contribution in [0.25, 0.3) is 10.9 Å². The average molecular weight is 434 g/mol. The first-order chi connectivity index (χ1) is 14.7. The molecule has 3 N–H and O–H groups in total. The van der Waals surface area contributed by atoms with Crippen LogP contribution in [0, 0.1) is 0 Å². The molecule has 4 rings (SSSR count). The lowest BCUT2D eigenvalue weighted by molar-refractivity contribution is -0.137. The van der Waals surface area contributed by atoms with Gasteiger partial charge in [0.05, 0.1) is 11.2 Å². The highest BCUT2D eigenvalue weighted by Crippen LogP contribution is 2.36. The molecule has 1 atom stereocenters. The van der Waals surface area contributed by atoms with Gasteiger partial charge in [0.1, 0.15) is 18.5 Å². The summed E-state index contributed by atoms with van der Waals surface area (Å²) in [7, 11) is 0. The first-order valence-electron chi connectivity index (χ1n) is 10.2. The second-order valence-electron chi connectivity index (χ2n) is 8.07. The molecule has 0 spiro atoms. The summed E-state index contributed by atoms with van der Waals surface area (Å²) in [4.78, 5) is 5.10. The summed E-state index contributed by atoms with van der Waals surface area (Å²) in [5.74, 6) is 0.690. The van der Waals surface area contributed by atoms with Gasteiger partial charge < -0.3 is 24.8 Å². The number of piperidine rings is 1. The molecule has 3 aromatic rings. The number of aromatic nitrogens is 1. The van der Waals surface area contributed by atoms with Crippen molar-refractivity contribution < 1.29 is 28.1 Å². The molecule has 2 aromatic carbocycles. The summed E-state index contributed by atoms with van der Waals surface area (Å²) in [6, 6.07) is 12.5. The number of benzene rings is 2. The predicted molar refractivity (Wildman–Crippen MR) is 111 cm³/mol. The number of ether oxygens (including phenoxy) is 1. The molecule has 0 saturated carbocycles. The van der Waals surface area contributed by atoms with Crippen LogP contribution in [0.2, 0.25) is 0 Å². The second-order valence-corrected chi connectivity index (χ2v) is 8.07. The molecule has 1 aliphatic heterocycles. The van der Waals surface area contributed by atoms with Crippen LogP contribution in [-0.4, -0.2) is 52.4 Å². The highest BCUT2D eigenvalue weighted by atomic mass is 19.4. The van der Waals surface area contributed by atoms with E-state index in [0.29, 0.717) is 38.2 Å². The maximum Gasteiger partial charge on any atom is 0.416 e. The Bertz CT molecular complexity index is 1030. The molecule has 1 fully saturated rings. The van der Waals surface area contributed by atoms with Crippen molar-refractivity contribution in [3.63, 3.8) is 0 Å². The van der Waals surface area contributed by atoms with Crippen LogP contribution in [0.5, 0.6) is 5.75 Å². The third-order valence-corrected chi connectivity index (χ3v) is 5.87. The zero-order valence-corrected chi connectivity index (χ0v) is 16.9. The summed E-state index contributed by atoms with van der Waals surface area (Å²) in [6.45, 7) is 1.43. The standard InChI is InChI=1S/C23H25F3N2O3/c24-23(25,26)17-4-1-3-16(13-17)22(30)8-11-28(12-9-22)14-18(29)15-31-21-6-2-5-20-19(21)7-10-27-20/h1-7,10,13,18,27,29-30H,8-9,11-12,14-15H2. The van der Waals surface area contributed by atoms with E-state index in [0.717, 1.165) is 23.0 Å². The van der Waals surface area contributed by atoms with Crippen molar-refractivity contribution in [3.8, 4) is 5.75 Å². The Balaban J connectivity index is 1.31. The smallest absolute Gasteiger partial charge is 0.416 e. The number of hydrogen-bond donors (Lipinski definition) is 3. The molecule has 0 radical (unpaired) electrons. The van der Waals surface area contributed by atoms with Gasteiger partial charge in [-0.2, -0.15) is 13.2 Å². The summed E-state index contributed by atoms with van der Waals surface area (Å²) in [5, 5.41) is 22.3. The average Bonchev–Trinajstić information content (AvgIpc) is 3.23. The Morgan fingerprint density at radius 3 is 2.58 bits per heavy atom. The Morgan fingerprint density at radius 2 is 1.84 bits per heavy atom. The van der Waals surface area contributed by atoms with Crippen LogP contribution in [0.15, 0.2) is 54.7 Å². The number of halogens is 3. The predicted octanol–water partition coefficient (Wildman–Crippen LogP) is 3.91. The number of nitrogens with one attached hydrogen (secondary N) is 1. The quantitative estimate of drug-likeness (QED) is 0.550. The van der Waals surface area contributed by atoms with Gasteiger partial charge in [0.15, 0.2) is 0 Å². The minimum absolute atomic E-state index is 0.124. The van der Waals surface area contributed by atoms with Gasteiger partial charge in [0, 0.05) is 36.7 Å². The summed E-state index contributed by atoms with van der Waals surface area (Å²) in [6.07, 6.45) is -2.75. The van der Waals surface area contributed by atoms with Gasteiger partial charge in [0.2, 0.25) is 0 Å². The van der Waals surface area contributed by atoms with Crippen LogP contribution in [0.1, 0.15) is 24.0 Å². The molecule has 0 aliphatic carbocycles. The lowest BCUT2D eigenvalue weighted by Crippen LogP contribution is -2.46. The molecule has 1 aliphatic rings. The monoisotopic (exact) mass is 434 g/mol. The van der Waals surface area contributed by atoms with Crippen molar-refractivity contribution in [2.75, 3.05) is 26.2 Å². The number of fused-ring (bicyclic) bond motifs is 1. The van der Waals surface area contributed by atoms with Crippen LogP contribution < -0.4 is 4.74 Å². The minimum Gasteiger partial charge on any atom is -0.490 e. The molecule has 2 heterocycles. The number of aliphatic hydroxyl groups is 2. The third-order valence-electron chi connectivity index (χ3n) is 5.87. The van der Waals surface area contributed by atoms with E-state index in [-0.39, 0.29) is 12.2 Å². The van der Waals surface area contributed by atoms with Crippen molar-refractivity contribution in [2.24, 2.45) is 0 Å². The fraction of sp³-hybridized carbons (Fsp3) is 0.391. The van der Waals surface area contributed by atoms with Crippen LogP contribution in [0.4, 0.5) is 13.2 Å². The third kappa shape index (κ3) is 4.87. The van der Waals surface area contributed by atoms with E-state index in [1.54, 1.807) is 0 Å². The fourth-order valence-corrected chi connectivity index (χ4v) is 4.10. The lowest BCUT2D eigenvalue weighted by atomic mass is 9.83. The topological polar surface area (TPSA) is 68.7 Å². The zero-order valence-electron chi connectivity index (χ0n) is 16.9. The Hall–Kier alpha value is -2.55. The minimum atomic E-state index is -4.44. The largest absolute Gasteiger partial charge is 0.490 e. The lowest BCUT2D eigenvalue weighted by Gasteiger charge is -2.39. The summed E-state index contributed by atoms with van der Waals surface area (Å²) < 4.78 is 44.8. The Morgan fingerprint density at radius 1 is 1.10 bits per heavy atom. The molecule has 1 saturated heterocycles. The van der Waals surface area contributed by atoms with E-state index in [4.69, 9.17) is 4.74 Å². The van der Waals surface area contributed by atoms with Gasteiger partial charge >= 0.3 is 6.18 Å². The van der Waals surface area contributed by atoms with Gasteiger partial charge in [-0.05, 0) is 48.7 Å². The van der Waals surface area contributed by atoms with E-state index in [9.17, 15) is 23.4 Å². The SMILES string of the molecule is OC(COc1cccc2[nH]ccc12)CN1CCC(O)(c2cccc(C(F)(F)F)c2)CC1. The second kappa shape index (κ2) is 8.53.